The van der Waals surface area contributed by atoms with Crippen molar-refractivity contribution in [2.75, 3.05) is 0 Å². The van der Waals surface area contributed by atoms with Crippen molar-refractivity contribution in [2.45, 2.75) is 6.92 Å². The molecule has 0 aliphatic carbocycles. The maximum absolute atomic E-state index is 13.3. The summed E-state index contributed by atoms with van der Waals surface area (Å²) >= 11 is 0. The van der Waals surface area contributed by atoms with Crippen molar-refractivity contribution in [2.24, 2.45) is 14.1 Å². The molecule has 3 aromatic carbocycles. The standard InChI is InChI=1S/C25H21N3O2/c1-16-9-4-6-12-18(16)23-22-21(26(2)25(30)27(3)24(22)29)15-28(23)20-14-8-11-17-10-5-7-13-19(17)20/h4-15H,1-3H3. The number of benzene rings is 3. The molecule has 0 saturated heterocycles. The van der Waals surface area contributed by atoms with Crippen molar-refractivity contribution >= 4 is 21.7 Å². The number of hydrogen-bond donors (Lipinski definition) is 0. The highest BCUT2D eigenvalue weighted by Crippen LogP contribution is 2.34. The maximum atomic E-state index is 13.3. The number of fused-ring (bicyclic) bond motifs is 2. The van der Waals surface area contributed by atoms with Crippen molar-refractivity contribution in [3.8, 4) is 16.9 Å². The van der Waals surface area contributed by atoms with Crippen molar-refractivity contribution in [3.05, 3.63) is 99.3 Å². The highest BCUT2D eigenvalue weighted by Gasteiger charge is 2.21. The zero-order valence-electron chi connectivity index (χ0n) is 17.1. The Morgan fingerprint density at radius 1 is 0.767 bits per heavy atom. The normalized spacial score (nSPS) is 11.4. The van der Waals surface area contributed by atoms with Crippen LogP contribution in [-0.4, -0.2) is 13.7 Å². The highest BCUT2D eigenvalue weighted by molar-refractivity contribution is 5.98. The van der Waals surface area contributed by atoms with Gasteiger partial charge in [0.05, 0.1) is 22.3 Å². The van der Waals surface area contributed by atoms with Crippen LogP contribution in [-0.2, 0) is 14.1 Å². The first-order valence-electron chi connectivity index (χ1n) is 9.84. The molecule has 2 aromatic heterocycles. The lowest BCUT2D eigenvalue weighted by Gasteiger charge is -2.14. The zero-order valence-corrected chi connectivity index (χ0v) is 17.1. The highest BCUT2D eigenvalue weighted by atomic mass is 16.2. The fourth-order valence-corrected chi connectivity index (χ4v) is 4.25. The van der Waals surface area contributed by atoms with Crippen LogP contribution >= 0.6 is 0 Å². The SMILES string of the molecule is Cc1ccccc1-c1c2c(=O)n(C)c(=O)n(C)c2cn1-c1cccc2ccccc12. The van der Waals surface area contributed by atoms with Crippen LogP contribution in [0.2, 0.25) is 0 Å². The van der Waals surface area contributed by atoms with E-state index in [0.717, 1.165) is 33.3 Å². The van der Waals surface area contributed by atoms with Crippen LogP contribution in [0.5, 0.6) is 0 Å². The summed E-state index contributed by atoms with van der Waals surface area (Å²) in [6.07, 6.45) is 1.90. The molecule has 30 heavy (non-hydrogen) atoms. The van der Waals surface area contributed by atoms with E-state index in [1.807, 2.05) is 61.7 Å². The molecule has 0 atom stereocenters. The summed E-state index contributed by atoms with van der Waals surface area (Å²) in [6, 6.07) is 22.3. The monoisotopic (exact) mass is 395 g/mol. The smallest absolute Gasteiger partial charge is 0.313 e. The van der Waals surface area contributed by atoms with Gasteiger partial charge >= 0.3 is 5.69 Å². The quantitative estimate of drug-likeness (QED) is 0.451. The molecule has 0 saturated carbocycles. The summed E-state index contributed by atoms with van der Waals surface area (Å²) in [4.78, 5) is 25.8. The van der Waals surface area contributed by atoms with E-state index in [4.69, 9.17) is 0 Å². The first-order valence-corrected chi connectivity index (χ1v) is 9.84. The maximum Gasteiger partial charge on any atom is 0.330 e. The Kier molecular flexibility index (Phi) is 4.00. The molecule has 0 spiro atoms. The summed E-state index contributed by atoms with van der Waals surface area (Å²) in [5.41, 5.74) is 3.80. The topological polar surface area (TPSA) is 48.9 Å². The van der Waals surface area contributed by atoms with Gasteiger partial charge in [-0.2, -0.15) is 0 Å². The van der Waals surface area contributed by atoms with E-state index in [9.17, 15) is 9.59 Å². The molecule has 0 unspecified atom stereocenters. The van der Waals surface area contributed by atoms with E-state index in [0.29, 0.717) is 10.9 Å². The number of rotatable bonds is 2. The van der Waals surface area contributed by atoms with Gasteiger partial charge in [-0.05, 0) is 23.9 Å². The average Bonchev–Trinajstić information content (AvgIpc) is 3.16. The van der Waals surface area contributed by atoms with Gasteiger partial charge < -0.3 is 4.57 Å². The lowest BCUT2D eigenvalue weighted by molar-refractivity contribution is 0.714. The fourth-order valence-electron chi connectivity index (χ4n) is 4.25. The molecule has 148 valence electrons. The third-order valence-corrected chi connectivity index (χ3v) is 5.87. The van der Waals surface area contributed by atoms with Gasteiger partial charge in [0.2, 0.25) is 0 Å². The predicted molar refractivity (Wildman–Crippen MR) is 121 cm³/mol. The van der Waals surface area contributed by atoms with Crippen LogP contribution in [0.4, 0.5) is 0 Å². The van der Waals surface area contributed by atoms with Crippen LogP contribution in [0.1, 0.15) is 5.56 Å². The number of aryl methyl sites for hydroxylation is 2. The molecule has 0 amide bonds. The Labute approximate surface area is 173 Å². The molecular formula is C25H21N3O2. The summed E-state index contributed by atoms with van der Waals surface area (Å²) in [5.74, 6) is 0. The Morgan fingerprint density at radius 2 is 1.47 bits per heavy atom. The number of aromatic nitrogens is 3. The minimum absolute atomic E-state index is 0.287. The number of hydrogen-bond acceptors (Lipinski definition) is 2. The molecule has 5 rings (SSSR count). The molecule has 5 aromatic rings. The Bertz CT molecular complexity index is 1560. The second-order valence-corrected chi connectivity index (χ2v) is 7.63. The molecule has 0 bridgehead atoms. The van der Waals surface area contributed by atoms with Crippen LogP contribution < -0.4 is 11.2 Å². The van der Waals surface area contributed by atoms with Crippen molar-refractivity contribution < 1.29 is 0 Å². The summed E-state index contributed by atoms with van der Waals surface area (Å²) < 4.78 is 4.77. The van der Waals surface area contributed by atoms with E-state index in [1.165, 1.54) is 11.6 Å². The molecule has 0 N–H and O–H groups in total. The molecule has 5 heteroatoms. The summed E-state index contributed by atoms with van der Waals surface area (Å²) in [5, 5.41) is 2.74. The largest absolute Gasteiger partial charge is 0.330 e. The van der Waals surface area contributed by atoms with Crippen LogP contribution in [0.25, 0.3) is 38.6 Å². The fraction of sp³-hybridized carbons (Fsp3) is 0.120. The van der Waals surface area contributed by atoms with E-state index >= 15 is 0 Å². The van der Waals surface area contributed by atoms with Gasteiger partial charge in [0.1, 0.15) is 0 Å². The van der Waals surface area contributed by atoms with Crippen LogP contribution in [0, 0.1) is 6.92 Å². The molecule has 0 fully saturated rings. The van der Waals surface area contributed by atoms with Gasteiger partial charge in [-0.1, -0.05) is 60.7 Å². The lowest BCUT2D eigenvalue weighted by Crippen LogP contribution is -2.36. The second kappa shape index (κ2) is 6.59. The van der Waals surface area contributed by atoms with Crippen molar-refractivity contribution in [1.82, 2.24) is 13.7 Å². The molecule has 5 nitrogen and oxygen atoms in total. The van der Waals surface area contributed by atoms with Gasteiger partial charge in [0.15, 0.2) is 0 Å². The van der Waals surface area contributed by atoms with E-state index < -0.39 is 0 Å². The van der Waals surface area contributed by atoms with Gasteiger partial charge in [-0.25, -0.2) is 4.79 Å². The van der Waals surface area contributed by atoms with Crippen molar-refractivity contribution in [1.29, 1.82) is 0 Å². The third-order valence-electron chi connectivity index (χ3n) is 5.87. The molecular weight excluding hydrogens is 374 g/mol. The lowest BCUT2D eigenvalue weighted by atomic mass is 10.0. The van der Waals surface area contributed by atoms with E-state index in [-0.39, 0.29) is 11.2 Å². The Morgan fingerprint density at radius 3 is 2.27 bits per heavy atom. The average molecular weight is 395 g/mol. The first-order chi connectivity index (χ1) is 14.5. The Hall–Kier alpha value is -3.86. The van der Waals surface area contributed by atoms with Crippen molar-refractivity contribution in [3.63, 3.8) is 0 Å². The van der Waals surface area contributed by atoms with Gasteiger partial charge in [-0.15, -0.1) is 0 Å². The molecule has 0 radical (unpaired) electrons. The zero-order chi connectivity index (χ0) is 21.0. The third kappa shape index (κ3) is 2.48. The number of nitrogens with zero attached hydrogens (tertiary/aromatic N) is 3. The minimum atomic E-state index is -0.334. The summed E-state index contributed by atoms with van der Waals surface area (Å²) in [7, 11) is 3.24. The van der Waals surface area contributed by atoms with Gasteiger partial charge in [-0.3, -0.25) is 13.9 Å². The summed E-state index contributed by atoms with van der Waals surface area (Å²) in [6.45, 7) is 2.04. The predicted octanol–water partition coefficient (Wildman–Crippen LogP) is 4.16. The van der Waals surface area contributed by atoms with Gasteiger partial charge in [0, 0.05) is 31.2 Å². The van der Waals surface area contributed by atoms with E-state index in [2.05, 4.69) is 22.8 Å². The molecule has 0 aliphatic rings. The Balaban J connectivity index is 2.04. The van der Waals surface area contributed by atoms with Gasteiger partial charge in [0.25, 0.3) is 5.56 Å². The minimum Gasteiger partial charge on any atom is -0.313 e. The molecule has 2 heterocycles. The second-order valence-electron chi connectivity index (χ2n) is 7.63. The van der Waals surface area contributed by atoms with Crippen LogP contribution in [0.3, 0.4) is 0 Å². The molecule has 0 aliphatic heterocycles. The van der Waals surface area contributed by atoms with E-state index in [1.54, 1.807) is 11.6 Å². The first kappa shape index (κ1) is 18.2. The van der Waals surface area contributed by atoms with Crippen LogP contribution in [0.15, 0.2) is 82.5 Å².